The summed E-state index contributed by atoms with van der Waals surface area (Å²) in [6, 6.07) is 9.16. The Morgan fingerprint density at radius 2 is 1.96 bits per heavy atom. The van der Waals surface area contributed by atoms with E-state index in [-0.39, 0.29) is 5.91 Å². The minimum atomic E-state index is -0.0520. The van der Waals surface area contributed by atoms with Crippen molar-refractivity contribution in [1.29, 1.82) is 0 Å². The van der Waals surface area contributed by atoms with Gasteiger partial charge >= 0.3 is 0 Å². The van der Waals surface area contributed by atoms with Crippen LogP contribution in [0.3, 0.4) is 0 Å². The number of benzene rings is 1. The molecule has 1 saturated heterocycles. The number of carbonyl (C=O) groups excluding carboxylic acids is 1. The Kier molecular flexibility index (Phi) is 5.47. The van der Waals surface area contributed by atoms with Crippen LogP contribution in [0.4, 0.5) is 5.69 Å². The predicted molar refractivity (Wildman–Crippen MR) is 105 cm³/mol. The lowest BCUT2D eigenvalue weighted by atomic mass is 10.1. The summed E-state index contributed by atoms with van der Waals surface area (Å²) in [7, 11) is 0. The third-order valence-corrected chi connectivity index (χ3v) is 5.49. The number of aliphatic imine (C=N–C) groups is 1. The zero-order valence-corrected chi connectivity index (χ0v) is 16.0. The lowest BCUT2D eigenvalue weighted by Gasteiger charge is -2.12. The molecule has 0 bridgehead atoms. The highest BCUT2D eigenvalue weighted by Gasteiger charge is 2.34. The molecule has 3 rings (SSSR count). The van der Waals surface area contributed by atoms with Gasteiger partial charge in [0.25, 0.3) is 5.91 Å². The normalized spacial score (nSPS) is 18.2. The van der Waals surface area contributed by atoms with E-state index in [0.717, 1.165) is 11.1 Å². The van der Waals surface area contributed by atoms with Crippen LogP contribution in [0, 0.1) is 0 Å². The summed E-state index contributed by atoms with van der Waals surface area (Å²) in [5, 5.41) is 1.73. The molecule has 0 N–H and O–H groups in total. The number of aromatic nitrogens is 1. The van der Waals surface area contributed by atoms with Gasteiger partial charge in [-0.3, -0.25) is 14.7 Å². The summed E-state index contributed by atoms with van der Waals surface area (Å²) >= 11 is 13.4. The fourth-order valence-corrected chi connectivity index (χ4v) is 3.80. The molecule has 1 aliphatic rings. The predicted octanol–water partition coefficient (Wildman–Crippen LogP) is 5.40. The van der Waals surface area contributed by atoms with Gasteiger partial charge in [0, 0.05) is 24.0 Å². The third-order valence-electron chi connectivity index (χ3n) is 3.76. The van der Waals surface area contributed by atoms with E-state index in [1.165, 1.54) is 18.0 Å². The molecule has 2 heterocycles. The van der Waals surface area contributed by atoms with Crippen molar-refractivity contribution in [3.05, 3.63) is 63.2 Å². The van der Waals surface area contributed by atoms with Crippen LogP contribution >= 0.6 is 35.0 Å². The Bertz CT molecular complexity index is 878. The molecule has 1 aromatic carbocycles. The summed E-state index contributed by atoms with van der Waals surface area (Å²) in [6.45, 7) is 4.38. The van der Waals surface area contributed by atoms with Gasteiger partial charge < -0.3 is 0 Å². The van der Waals surface area contributed by atoms with Crippen molar-refractivity contribution in [2.24, 2.45) is 4.99 Å². The Labute approximate surface area is 160 Å². The highest BCUT2D eigenvalue weighted by Crippen LogP contribution is 2.38. The number of halogens is 2. The van der Waals surface area contributed by atoms with Gasteiger partial charge in [-0.15, -0.1) is 0 Å². The number of nitrogens with zero attached hydrogens (tertiary/aromatic N) is 3. The molecule has 0 aliphatic carbocycles. The van der Waals surface area contributed by atoms with Crippen LogP contribution in [0.25, 0.3) is 5.57 Å². The minimum absolute atomic E-state index is 0.0520. The molecule has 1 aromatic heterocycles. The number of amidine groups is 1. The highest BCUT2D eigenvalue weighted by molar-refractivity contribution is 8.18. The number of hydrogen-bond donors (Lipinski definition) is 0. The minimum Gasteiger partial charge on any atom is -0.287 e. The molecule has 0 radical (unpaired) electrons. The Morgan fingerprint density at radius 1 is 1.24 bits per heavy atom. The van der Waals surface area contributed by atoms with Crippen molar-refractivity contribution in [2.45, 2.75) is 13.8 Å². The molecule has 2 aromatic rings. The first-order valence-corrected chi connectivity index (χ1v) is 9.23. The van der Waals surface area contributed by atoms with E-state index in [1.807, 2.05) is 38.1 Å². The van der Waals surface area contributed by atoms with Crippen LogP contribution in [0.2, 0.25) is 10.0 Å². The van der Waals surface area contributed by atoms with Crippen molar-refractivity contribution in [3.63, 3.8) is 0 Å². The number of rotatable bonds is 3. The molecule has 128 valence electrons. The maximum Gasteiger partial charge on any atom is 0.267 e. The summed E-state index contributed by atoms with van der Waals surface area (Å²) in [5.41, 5.74) is 2.45. The lowest BCUT2D eigenvalue weighted by Crippen LogP contribution is -2.28. The van der Waals surface area contributed by atoms with E-state index in [9.17, 15) is 4.79 Å². The first-order chi connectivity index (χ1) is 12.0. The first-order valence-electron chi connectivity index (χ1n) is 7.66. The van der Waals surface area contributed by atoms with E-state index in [4.69, 9.17) is 23.2 Å². The molecule has 0 saturated carbocycles. The van der Waals surface area contributed by atoms with E-state index < -0.39 is 0 Å². The van der Waals surface area contributed by atoms with Crippen LogP contribution < -0.4 is 0 Å². The molecule has 7 heteroatoms. The molecule has 0 unspecified atom stereocenters. The molecule has 4 nitrogen and oxygen atoms in total. The van der Waals surface area contributed by atoms with E-state index in [2.05, 4.69) is 9.98 Å². The lowest BCUT2D eigenvalue weighted by molar-refractivity contribution is -0.122. The SMILES string of the molecule is CCN1C(=O)/C(=C(\C)c2ccc(Cl)cc2)SC1=Nc1ccncc1Cl. The fourth-order valence-electron chi connectivity index (χ4n) is 2.39. The number of hydrogen-bond acceptors (Lipinski definition) is 4. The van der Waals surface area contributed by atoms with Gasteiger partial charge in [0.2, 0.25) is 0 Å². The average molecular weight is 392 g/mol. The van der Waals surface area contributed by atoms with Crippen molar-refractivity contribution in [3.8, 4) is 0 Å². The highest BCUT2D eigenvalue weighted by atomic mass is 35.5. The van der Waals surface area contributed by atoms with Gasteiger partial charge in [-0.25, -0.2) is 4.99 Å². The van der Waals surface area contributed by atoms with Crippen LogP contribution in [-0.2, 0) is 4.79 Å². The molecule has 25 heavy (non-hydrogen) atoms. The number of amides is 1. The Hall–Kier alpha value is -1.82. The summed E-state index contributed by atoms with van der Waals surface area (Å²) in [6.07, 6.45) is 3.16. The smallest absolute Gasteiger partial charge is 0.267 e. The zero-order valence-electron chi connectivity index (χ0n) is 13.7. The van der Waals surface area contributed by atoms with Gasteiger partial charge in [0.1, 0.15) is 0 Å². The molecular weight excluding hydrogens is 377 g/mol. The average Bonchev–Trinajstić information content (AvgIpc) is 2.92. The van der Waals surface area contributed by atoms with Crippen molar-refractivity contribution < 1.29 is 4.79 Å². The number of likely N-dealkylation sites (N-methyl/N-ethyl adjacent to an activating group) is 1. The van der Waals surface area contributed by atoms with Gasteiger partial charge in [0.05, 0.1) is 15.6 Å². The van der Waals surface area contributed by atoms with Gasteiger partial charge in [-0.2, -0.15) is 0 Å². The molecule has 0 atom stereocenters. The van der Waals surface area contributed by atoms with Gasteiger partial charge in [-0.05, 0) is 54.9 Å². The van der Waals surface area contributed by atoms with Crippen LogP contribution in [0.1, 0.15) is 19.4 Å². The first kappa shape index (κ1) is 18.0. The quantitative estimate of drug-likeness (QED) is 0.657. The number of pyridine rings is 1. The summed E-state index contributed by atoms with van der Waals surface area (Å²) in [4.78, 5) is 23.6. The second-order valence-electron chi connectivity index (χ2n) is 5.33. The molecule has 1 amide bonds. The fraction of sp³-hybridized carbons (Fsp3) is 0.167. The zero-order chi connectivity index (χ0) is 18.0. The number of thioether (sulfide) groups is 1. The van der Waals surface area contributed by atoms with E-state index >= 15 is 0 Å². The topological polar surface area (TPSA) is 45.6 Å². The van der Waals surface area contributed by atoms with Crippen molar-refractivity contribution >= 4 is 57.3 Å². The monoisotopic (exact) mass is 391 g/mol. The number of allylic oxidation sites excluding steroid dienone is 1. The van der Waals surface area contributed by atoms with Crippen LogP contribution in [-0.4, -0.2) is 27.5 Å². The molecule has 1 fully saturated rings. The second-order valence-corrected chi connectivity index (χ2v) is 7.16. The largest absolute Gasteiger partial charge is 0.287 e. The maximum atomic E-state index is 12.8. The van der Waals surface area contributed by atoms with Crippen LogP contribution in [0.5, 0.6) is 0 Å². The molecular formula is C18H15Cl2N3OS. The van der Waals surface area contributed by atoms with Crippen molar-refractivity contribution in [2.75, 3.05) is 6.54 Å². The van der Waals surface area contributed by atoms with Gasteiger partial charge in [-0.1, -0.05) is 35.3 Å². The van der Waals surface area contributed by atoms with E-state index in [0.29, 0.717) is 32.4 Å². The standard InChI is InChI=1S/C18H15Cl2N3OS/c1-3-23-17(24)16(11(2)12-4-6-13(19)7-5-12)25-18(23)22-15-8-9-21-10-14(15)20/h4-10H,3H2,1-2H3/b16-11-,22-18?. The van der Waals surface area contributed by atoms with Gasteiger partial charge in [0.15, 0.2) is 5.17 Å². The second kappa shape index (κ2) is 7.60. The van der Waals surface area contributed by atoms with E-state index in [1.54, 1.807) is 17.2 Å². The van der Waals surface area contributed by atoms with Crippen molar-refractivity contribution in [1.82, 2.24) is 9.88 Å². The molecule has 1 aliphatic heterocycles. The third kappa shape index (κ3) is 3.73. The maximum absolute atomic E-state index is 12.8. The Balaban J connectivity index is 2.01. The number of carbonyl (C=O) groups is 1. The molecule has 0 spiro atoms. The summed E-state index contributed by atoms with van der Waals surface area (Å²) < 4.78 is 0. The van der Waals surface area contributed by atoms with Crippen LogP contribution in [0.15, 0.2) is 52.6 Å². The Morgan fingerprint density at radius 3 is 2.60 bits per heavy atom. The summed E-state index contributed by atoms with van der Waals surface area (Å²) in [5.74, 6) is -0.0520.